The van der Waals surface area contributed by atoms with Crippen molar-refractivity contribution in [2.45, 2.75) is 38.8 Å². The van der Waals surface area contributed by atoms with Crippen molar-refractivity contribution in [1.29, 1.82) is 0 Å². The van der Waals surface area contributed by atoms with Gasteiger partial charge in [0.2, 0.25) is 0 Å². The Balaban J connectivity index is 0.00000256. The molecule has 2 atom stereocenters. The molecule has 1 aliphatic rings. The molecule has 1 aromatic carbocycles. The van der Waals surface area contributed by atoms with Crippen LogP contribution in [0.3, 0.4) is 0 Å². The van der Waals surface area contributed by atoms with Crippen LogP contribution in [0, 0.1) is 12.7 Å². The fraction of sp³-hybridized carbons (Fsp3) is 0.409. The molecule has 0 aliphatic carbocycles. The molecule has 2 aromatic heterocycles. The number of anilines is 1. The van der Waals surface area contributed by atoms with E-state index in [-0.39, 0.29) is 30.3 Å². The number of aromatic amines is 1. The van der Waals surface area contributed by atoms with E-state index >= 15 is 0 Å². The van der Waals surface area contributed by atoms with Crippen molar-refractivity contribution >= 4 is 18.2 Å². The number of halogens is 2. The standard InChI is InChI=1S/C22H27FN6.ClH/c1-3-4-20(19-13-26-27-16(19)2)29-12-11-28(22-14-24-9-10-25-22)15-21(29)17-5-7-18(23)8-6-17;/h5-10,13-14,20-21H,3-4,11-12,15H2,1-2H3,(H,26,27);1H. The van der Waals surface area contributed by atoms with E-state index < -0.39 is 0 Å². The first kappa shape index (κ1) is 22.2. The lowest BCUT2D eigenvalue weighted by Crippen LogP contribution is -2.50. The summed E-state index contributed by atoms with van der Waals surface area (Å²) in [6.07, 6.45) is 9.37. The third kappa shape index (κ3) is 4.63. The van der Waals surface area contributed by atoms with Crippen LogP contribution in [0.15, 0.2) is 49.1 Å². The van der Waals surface area contributed by atoms with Crippen molar-refractivity contribution in [2.75, 3.05) is 24.5 Å². The summed E-state index contributed by atoms with van der Waals surface area (Å²) < 4.78 is 13.6. The topological polar surface area (TPSA) is 60.9 Å². The highest BCUT2D eigenvalue weighted by molar-refractivity contribution is 5.85. The van der Waals surface area contributed by atoms with Gasteiger partial charge in [0.05, 0.1) is 17.9 Å². The van der Waals surface area contributed by atoms with Crippen molar-refractivity contribution in [3.63, 3.8) is 0 Å². The Morgan fingerprint density at radius 2 is 2.00 bits per heavy atom. The van der Waals surface area contributed by atoms with Crippen LogP contribution in [0.5, 0.6) is 0 Å². The van der Waals surface area contributed by atoms with Gasteiger partial charge in [0.15, 0.2) is 0 Å². The Kier molecular flexibility index (Phi) is 7.39. The average molecular weight is 431 g/mol. The molecule has 1 fully saturated rings. The number of nitrogens with zero attached hydrogens (tertiary/aromatic N) is 5. The van der Waals surface area contributed by atoms with Crippen LogP contribution in [-0.4, -0.2) is 44.7 Å². The maximum Gasteiger partial charge on any atom is 0.147 e. The quantitative estimate of drug-likeness (QED) is 0.625. The van der Waals surface area contributed by atoms with Gasteiger partial charge in [-0.25, -0.2) is 9.37 Å². The van der Waals surface area contributed by atoms with Crippen LogP contribution in [0.2, 0.25) is 0 Å². The van der Waals surface area contributed by atoms with Crippen LogP contribution in [0.25, 0.3) is 0 Å². The molecule has 6 nitrogen and oxygen atoms in total. The number of H-pyrrole nitrogens is 1. The highest BCUT2D eigenvalue weighted by Crippen LogP contribution is 2.37. The molecule has 0 bridgehead atoms. The number of rotatable bonds is 6. The molecule has 0 saturated carbocycles. The molecule has 1 saturated heterocycles. The van der Waals surface area contributed by atoms with E-state index in [2.05, 4.69) is 43.8 Å². The fourth-order valence-electron chi connectivity index (χ4n) is 4.29. The lowest BCUT2D eigenvalue weighted by atomic mass is 9.94. The molecule has 30 heavy (non-hydrogen) atoms. The van der Waals surface area contributed by atoms with Gasteiger partial charge in [0.25, 0.3) is 0 Å². The number of piperazine rings is 1. The Hall–Kier alpha value is -2.51. The minimum absolute atomic E-state index is 0. The summed E-state index contributed by atoms with van der Waals surface area (Å²) in [6.45, 7) is 6.80. The number of hydrogen-bond acceptors (Lipinski definition) is 5. The molecule has 3 aromatic rings. The number of hydrogen-bond donors (Lipinski definition) is 1. The lowest BCUT2D eigenvalue weighted by molar-refractivity contribution is 0.110. The molecule has 0 radical (unpaired) electrons. The first-order chi connectivity index (χ1) is 14.2. The molecular formula is C22H28ClFN6. The molecule has 2 unspecified atom stereocenters. The summed E-state index contributed by atoms with van der Waals surface area (Å²) in [7, 11) is 0. The second-order valence-electron chi connectivity index (χ2n) is 7.55. The smallest absolute Gasteiger partial charge is 0.147 e. The molecule has 8 heteroatoms. The molecule has 3 heterocycles. The summed E-state index contributed by atoms with van der Waals surface area (Å²) >= 11 is 0. The summed E-state index contributed by atoms with van der Waals surface area (Å²) in [5.74, 6) is 0.670. The van der Waals surface area contributed by atoms with E-state index in [1.54, 1.807) is 30.7 Å². The number of aromatic nitrogens is 4. The van der Waals surface area contributed by atoms with Crippen LogP contribution in [-0.2, 0) is 0 Å². The summed E-state index contributed by atoms with van der Waals surface area (Å²) in [4.78, 5) is 13.5. The maximum absolute atomic E-state index is 13.6. The van der Waals surface area contributed by atoms with E-state index in [4.69, 9.17) is 0 Å². The molecule has 1 aliphatic heterocycles. The Labute approximate surface area is 182 Å². The number of benzene rings is 1. The van der Waals surface area contributed by atoms with E-state index in [1.807, 2.05) is 18.3 Å². The molecular weight excluding hydrogens is 403 g/mol. The van der Waals surface area contributed by atoms with Crippen LogP contribution >= 0.6 is 12.4 Å². The third-order valence-electron chi connectivity index (χ3n) is 5.74. The Morgan fingerprint density at radius 3 is 2.63 bits per heavy atom. The van der Waals surface area contributed by atoms with Crippen LogP contribution in [0.1, 0.15) is 48.7 Å². The zero-order valence-corrected chi connectivity index (χ0v) is 18.1. The maximum atomic E-state index is 13.6. The zero-order valence-electron chi connectivity index (χ0n) is 17.3. The summed E-state index contributed by atoms with van der Waals surface area (Å²) in [5.41, 5.74) is 3.40. The predicted molar refractivity (Wildman–Crippen MR) is 118 cm³/mol. The lowest BCUT2D eigenvalue weighted by Gasteiger charge is -2.46. The molecule has 4 rings (SSSR count). The summed E-state index contributed by atoms with van der Waals surface area (Å²) in [6, 6.07) is 7.28. The summed E-state index contributed by atoms with van der Waals surface area (Å²) in [5, 5.41) is 7.37. The monoisotopic (exact) mass is 430 g/mol. The first-order valence-corrected chi connectivity index (χ1v) is 10.2. The van der Waals surface area contributed by atoms with E-state index in [9.17, 15) is 4.39 Å². The van der Waals surface area contributed by atoms with Gasteiger partial charge in [-0.05, 0) is 31.0 Å². The second-order valence-corrected chi connectivity index (χ2v) is 7.55. The van der Waals surface area contributed by atoms with Crippen molar-refractivity contribution in [1.82, 2.24) is 25.1 Å². The van der Waals surface area contributed by atoms with Crippen molar-refractivity contribution < 1.29 is 4.39 Å². The van der Waals surface area contributed by atoms with Crippen molar-refractivity contribution in [2.24, 2.45) is 0 Å². The van der Waals surface area contributed by atoms with Crippen molar-refractivity contribution in [3.8, 4) is 0 Å². The average Bonchev–Trinajstić information content (AvgIpc) is 3.18. The number of nitrogens with one attached hydrogen (secondary N) is 1. The van der Waals surface area contributed by atoms with E-state index in [0.29, 0.717) is 0 Å². The van der Waals surface area contributed by atoms with E-state index in [1.165, 1.54) is 5.56 Å². The Morgan fingerprint density at radius 1 is 1.20 bits per heavy atom. The second kappa shape index (κ2) is 10.00. The highest BCUT2D eigenvalue weighted by Gasteiger charge is 2.35. The SMILES string of the molecule is CCCC(c1c[nH]nc1C)N1CCN(c2cnccn2)CC1c1ccc(F)cc1.Cl. The number of aryl methyl sites for hydroxylation is 1. The Bertz CT molecular complexity index is 917. The third-order valence-corrected chi connectivity index (χ3v) is 5.74. The van der Waals surface area contributed by atoms with Gasteiger partial charge < -0.3 is 4.90 Å². The van der Waals surface area contributed by atoms with Gasteiger partial charge in [0, 0.05) is 49.8 Å². The predicted octanol–water partition coefficient (Wildman–Crippen LogP) is 4.47. The normalized spacial score (nSPS) is 18.1. The van der Waals surface area contributed by atoms with Gasteiger partial charge in [-0.15, -0.1) is 12.4 Å². The van der Waals surface area contributed by atoms with Gasteiger partial charge in [-0.3, -0.25) is 15.0 Å². The minimum Gasteiger partial charge on any atom is -0.352 e. The molecule has 160 valence electrons. The minimum atomic E-state index is -0.210. The first-order valence-electron chi connectivity index (χ1n) is 10.2. The molecule has 0 amide bonds. The molecule has 0 spiro atoms. The largest absolute Gasteiger partial charge is 0.352 e. The van der Waals surface area contributed by atoms with Gasteiger partial charge in [-0.2, -0.15) is 5.10 Å². The molecule has 1 N–H and O–H groups in total. The fourth-order valence-corrected chi connectivity index (χ4v) is 4.29. The van der Waals surface area contributed by atoms with Gasteiger partial charge in [-0.1, -0.05) is 25.5 Å². The van der Waals surface area contributed by atoms with Crippen LogP contribution < -0.4 is 4.90 Å². The van der Waals surface area contributed by atoms with Gasteiger partial charge in [0.1, 0.15) is 11.6 Å². The van der Waals surface area contributed by atoms with E-state index in [0.717, 1.165) is 49.6 Å². The zero-order chi connectivity index (χ0) is 20.2. The van der Waals surface area contributed by atoms with Gasteiger partial charge >= 0.3 is 0 Å². The highest BCUT2D eigenvalue weighted by atomic mass is 35.5. The van der Waals surface area contributed by atoms with Crippen molar-refractivity contribution in [3.05, 3.63) is 71.7 Å². The van der Waals surface area contributed by atoms with Crippen LogP contribution in [0.4, 0.5) is 10.2 Å².